The summed E-state index contributed by atoms with van der Waals surface area (Å²) < 4.78 is 0. The molecule has 0 bridgehead atoms. The molecule has 0 saturated carbocycles. The molecule has 2 fully saturated rings. The number of carboxylic acids is 1. The van der Waals surface area contributed by atoms with Crippen LogP contribution in [0.2, 0.25) is 0 Å². The summed E-state index contributed by atoms with van der Waals surface area (Å²) in [7, 11) is 0. The molecule has 2 atom stereocenters. The van der Waals surface area contributed by atoms with Gasteiger partial charge in [0.15, 0.2) is 0 Å². The maximum absolute atomic E-state index is 12.5. The van der Waals surface area contributed by atoms with Crippen molar-refractivity contribution in [1.82, 2.24) is 10.2 Å². The van der Waals surface area contributed by atoms with Crippen molar-refractivity contribution in [3.8, 4) is 0 Å². The van der Waals surface area contributed by atoms with Crippen LogP contribution >= 0.6 is 0 Å². The predicted molar refractivity (Wildman–Crippen MR) is 62.6 cm³/mol. The third-order valence-corrected chi connectivity index (χ3v) is 4.19. The SMILES string of the molecule is CC1(C(=O)N2CCCC2(C)C(=O)O)CCCN1. The second-order valence-corrected chi connectivity index (χ2v) is 5.50. The lowest BCUT2D eigenvalue weighted by molar-refractivity contribution is -0.157. The van der Waals surface area contributed by atoms with E-state index in [1.165, 1.54) is 0 Å². The smallest absolute Gasteiger partial charge is 0.329 e. The molecule has 0 spiro atoms. The minimum absolute atomic E-state index is 0.0580. The van der Waals surface area contributed by atoms with E-state index in [1.54, 1.807) is 11.8 Å². The van der Waals surface area contributed by atoms with Gasteiger partial charge in [0.2, 0.25) is 5.91 Å². The van der Waals surface area contributed by atoms with Crippen LogP contribution in [-0.4, -0.2) is 46.1 Å². The summed E-state index contributed by atoms with van der Waals surface area (Å²) in [4.78, 5) is 25.4. The molecule has 5 nitrogen and oxygen atoms in total. The topological polar surface area (TPSA) is 69.6 Å². The molecule has 2 unspecified atom stereocenters. The van der Waals surface area contributed by atoms with Crippen LogP contribution < -0.4 is 5.32 Å². The van der Waals surface area contributed by atoms with Gasteiger partial charge in [0.05, 0.1) is 5.54 Å². The number of rotatable bonds is 2. The van der Waals surface area contributed by atoms with Crippen LogP contribution in [0.3, 0.4) is 0 Å². The van der Waals surface area contributed by atoms with Gasteiger partial charge in [0.25, 0.3) is 0 Å². The minimum atomic E-state index is -1.02. The van der Waals surface area contributed by atoms with Crippen LogP contribution in [0, 0.1) is 0 Å². The van der Waals surface area contributed by atoms with Crippen molar-refractivity contribution in [2.24, 2.45) is 0 Å². The Bertz CT molecular complexity index is 350. The molecule has 5 heteroatoms. The number of carboxylic acid groups (broad SMARTS) is 1. The Labute approximate surface area is 101 Å². The zero-order valence-electron chi connectivity index (χ0n) is 10.5. The fourth-order valence-corrected chi connectivity index (χ4v) is 2.89. The highest BCUT2D eigenvalue weighted by Crippen LogP contribution is 2.33. The van der Waals surface area contributed by atoms with Crippen molar-refractivity contribution < 1.29 is 14.7 Å². The number of carbonyl (C=O) groups excluding carboxylic acids is 1. The highest BCUT2D eigenvalue weighted by atomic mass is 16.4. The van der Waals surface area contributed by atoms with E-state index in [9.17, 15) is 14.7 Å². The first-order chi connectivity index (χ1) is 7.90. The Kier molecular flexibility index (Phi) is 2.89. The lowest BCUT2D eigenvalue weighted by atomic mass is 9.93. The first kappa shape index (κ1) is 12.4. The molecule has 0 radical (unpaired) electrons. The lowest BCUT2D eigenvalue weighted by Crippen LogP contribution is -2.59. The number of likely N-dealkylation sites (tertiary alicyclic amines) is 1. The lowest BCUT2D eigenvalue weighted by Gasteiger charge is -2.37. The molecule has 2 aliphatic heterocycles. The molecule has 17 heavy (non-hydrogen) atoms. The maximum Gasteiger partial charge on any atom is 0.329 e. The normalized spacial score (nSPS) is 37.4. The summed E-state index contributed by atoms with van der Waals surface area (Å²) in [6.45, 7) is 4.92. The second kappa shape index (κ2) is 3.98. The van der Waals surface area contributed by atoms with Gasteiger partial charge in [0.1, 0.15) is 5.54 Å². The number of carbonyl (C=O) groups is 2. The number of nitrogens with zero attached hydrogens (tertiary/aromatic N) is 1. The highest BCUT2D eigenvalue weighted by Gasteiger charge is 2.50. The monoisotopic (exact) mass is 240 g/mol. The molecule has 1 amide bonds. The van der Waals surface area contributed by atoms with Gasteiger partial charge >= 0.3 is 5.97 Å². The van der Waals surface area contributed by atoms with E-state index in [2.05, 4.69) is 5.32 Å². The molecule has 0 aromatic carbocycles. The molecule has 2 rings (SSSR count). The van der Waals surface area contributed by atoms with E-state index >= 15 is 0 Å². The Morgan fingerprint density at radius 3 is 2.47 bits per heavy atom. The molecule has 0 aromatic heterocycles. The highest BCUT2D eigenvalue weighted by molar-refractivity contribution is 5.92. The van der Waals surface area contributed by atoms with Crippen molar-refractivity contribution in [3.05, 3.63) is 0 Å². The van der Waals surface area contributed by atoms with Gasteiger partial charge in [-0.15, -0.1) is 0 Å². The van der Waals surface area contributed by atoms with Gasteiger partial charge < -0.3 is 15.3 Å². The van der Waals surface area contributed by atoms with Crippen molar-refractivity contribution in [2.75, 3.05) is 13.1 Å². The molecule has 2 N–H and O–H groups in total. The summed E-state index contributed by atoms with van der Waals surface area (Å²) in [6, 6.07) is 0. The van der Waals surface area contributed by atoms with Crippen LogP contribution in [0.25, 0.3) is 0 Å². The van der Waals surface area contributed by atoms with E-state index in [1.807, 2.05) is 6.92 Å². The van der Waals surface area contributed by atoms with E-state index in [0.29, 0.717) is 13.0 Å². The van der Waals surface area contributed by atoms with Gasteiger partial charge in [-0.2, -0.15) is 0 Å². The van der Waals surface area contributed by atoms with E-state index in [4.69, 9.17) is 0 Å². The Morgan fingerprint density at radius 1 is 1.24 bits per heavy atom. The van der Waals surface area contributed by atoms with Crippen LogP contribution in [0.4, 0.5) is 0 Å². The van der Waals surface area contributed by atoms with Crippen molar-refractivity contribution in [2.45, 2.75) is 50.6 Å². The number of hydrogen-bond donors (Lipinski definition) is 2. The Hall–Kier alpha value is -1.10. The summed E-state index contributed by atoms with van der Waals surface area (Å²) in [5.41, 5.74) is -1.59. The largest absolute Gasteiger partial charge is 0.480 e. The number of aliphatic carboxylic acids is 1. The quantitative estimate of drug-likeness (QED) is 0.741. The third kappa shape index (κ3) is 1.82. The van der Waals surface area contributed by atoms with Crippen molar-refractivity contribution in [1.29, 1.82) is 0 Å². The van der Waals surface area contributed by atoms with Gasteiger partial charge in [-0.25, -0.2) is 4.79 Å². The van der Waals surface area contributed by atoms with E-state index < -0.39 is 17.0 Å². The molecule has 2 aliphatic rings. The fraction of sp³-hybridized carbons (Fsp3) is 0.833. The summed E-state index contributed by atoms with van der Waals surface area (Å²) in [5, 5.41) is 12.5. The summed E-state index contributed by atoms with van der Waals surface area (Å²) in [6.07, 6.45) is 3.08. The van der Waals surface area contributed by atoms with Crippen LogP contribution in [0.15, 0.2) is 0 Å². The Morgan fingerprint density at radius 2 is 1.94 bits per heavy atom. The first-order valence-electron chi connectivity index (χ1n) is 6.21. The molecule has 96 valence electrons. The van der Waals surface area contributed by atoms with Crippen LogP contribution in [-0.2, 0) is 9.59 Å². The number of hydrogen-bond acceptors (Lipinski definition) is 3. The first-order valence-corrected chi connectivity index (χ1v) is 6.21. The average molecular weight is 240 g/mol. The second-order valence-electron chi connectivity index (χ2n) is 5.50. The minimum Gasteiger partial charge on any atom is -0.480 e. The molecule has 0 aliphatic carbocycles. The van der Waals surface area contributed by atoms with Gasteiger partial charge in [0, 0.05) is 6.54 Å². The van der Waals surface area contributed by atoms with Crippen LogP contribution in [0.1, 0.15) is 39.5 Å². The van der Waals surface area contributed by atoms with Gasteiger partial charge in [-0.05, 0) is 46.1 Å². The average Bonchev–Trinajstić information content (AvgIpc) is 2.86. The maximum atomic E-state index is 12.5. The zero-order valence-corrected chi connectivity index (χ0v) is 10.5. The summed E-state index contributed by atoms with van der Waals surface area (Å²) >= 11 is 0. The molecule has 2 saturated heterocycles. The standard InChI is InChI=1S/C12H20N2O3/c1-11(5-3-7-13-11)9(15)14-8-4-6-12(14,2)10(16)17/h13H,3-8H2,1-2H3,(H,16,17). The zero-order chi connectivity index (χ0) is 12.7. The van der Waals surface area contributed by atoms with Gasteiger partial charge in [-0.1, -0.05) is 0 Å². The summed E-state index contributed by atoms with van der Waals surface area (Å²) in [5.74, 6) is -0.956. The van der Waals surface area contributed by atoms with Crippen LogP contribution in [0.5, 0.6) is 0 Å². The van der Waals surface area contributed by atoms with E-state index in [-0.39, 0.29) is 5.91 Å². The molecular weight excluding hydrogens is 220 g/mol. The van der Waals surface area contributed by atoms with Crippen molar-refractivity contribution >= 4 is 11.9 Å². The van der Waals surface area contributed by atoms with Crippen molar-refractivity contribution in [3.63, 3.8) is 0 Å². The predicted octanol–water partition coefficient (Wildman–Crippen LogP) is 0.594. The number of amides is 1. The molecule has 2 heterocycles. The number of nitrogens with one attached hydrogen (secondary N) is 1. The van der Waals surface area contributed by atoms with Gasteiger partial charge in [-0.3, -0.25) is 4.79 Å². The van der Waals surface area contributed by atoms with E-state index in [0.717, 1.165) is 25.8 Å². The fourth-order valence-electron chi connectivity index (χ4n) is 2.89. The third-order valence-electron chi connectivity index (χ3n) is 4.19. The molecule has 0 aromatic rings. The molecular formula is C12H20N2O3. The Balaban J connectivity index is 2.22.